The van der Waals surface area contributed by atoms with Crippen molar-refractivity contribution in [2.24, 2.45) is 0 Å². The zero-order chi connectivity index (χ0) is 29.9. The third-order valence-electron chi connectivity index (χ3n) is 9.78. The summed E-state index contributed by atoms with van der Waals surface area (Å²) in [5, 5.41) is 9.37. The first-order chi connectivity index (χ1) is 22.1. The van der Waals surface area contributed by atoms with Gasteiger partial charge in [0.25, 0.3) is 0 Å². The summed E-state index contributed by atoms with van der Waals surface area (Å²) in [4.78, 5) is 10.7. The second-order valence-corrected chi connectivity index (χ2v) is 18.0. The molecule has 1 aliphatic heterocycles. The molecular weight excluding hydrogens is 583 g/mol. The number of rotatable bonds is 2. The highest BCUT2D eigenvalue weighted by atomic mass is 32.1. The van der Waals surface area contributed by atoms with Crippen molar-refractivity contribution in [3.63, 3.8) is 0 Å². The summed E-state index contributed by atoms with van der Waals surface area (Å²) in [6.07, 6.45) is 0. The van der Waals surface area contributed by atoms with Crippen LogP contribution in [0.5, 0.6) is 0 Å². The van der Waals surface area contributed by atoms with E-state index in [4.69, 9.17) is 9.97 Å². The maximum Gasteiger partial charge on any atom is 0.235 e. The third-order valence-corrected chi connectivity index (χ3v) is 14.5. The molecular formula is C40H27N3SSi. The zero-order valence-corrected chi connectivity index (χ0v) is 26.7. The van der Waals surface area contributed by atoms with Crippen molar-refractivity contribution >= 4 is 82.7 Å². The summed E-state index contributed by atoms with van der Waals surface area (Å²) < 4.78 is 4.64. The van der Waals surface area contributed by atoms with Crippen molar-refractivity contribution in [3.05, 3.63) is 127 Å². The fourth-order valence-corrected chi connectivity index (χ4v) is 12.4. The summed E-state index contributed by atoms with van der Waals surface area (Å²) in [6, 6.07) is 46.4. The largest absolute Gasteiger partial charge is 0.278 e. The second-order valence-electron chi connectivity index (χ2n) is 12.6. The molecule has 0 unspecified atom stereocenters. The van der Waals surface area contributed by atoms with E-state index in [0.29, 0.717) is 5.95 Å². The summed E-state index contributed by atoms with van der Waals surface area (Å²) in [6.45, 7) is 5.01. The van der Waals surface area contributed by atoms with Crippen LogP contribution in [0, 0.1) is 0 Å². The van der Waals surface area contributed by atoms with Gasteiger partial charge in [0.15, 0.2) is 0 Å². The highest BCUT2D eigenvalue weighted by molar-refractivity contribution is 7.26. The van der Waals surface area contributed by atoms with Gasteiger partial charge in [-0.15, -0.1) is 11.3 Å². The first kappa shape index (κ1) is 25.2. The molecule has 0 radical (unpaired) electrons. The first-order valence-corrected chi connectivity index (χ1v) is 19.2. The number of aromatic nitrogens is 3. The van der Waals surface area contributed by atoms with Crippen LogP contribution in [-0.2, 0) is 0 Å². The minimum absolute atomic E-state index is 0.707. The van der Waals surface area contributed by atoms with Crippen molar-refractivity contribution < 1.29 is 0 Å². The van der Waals surface area contributed by atoms with Crippen LogP contribution >= 0.6 is 11.3 Å². The van der Waals surface area contributed by atoms with E-state index in [9.17, 15) is 0 Å². The molecule has 0 atom stereocenters. The molecule has 3 aromatic heterocycles. The Bertz CT molecular complexity index is 2680. The van der Waals surface area contributed by atoms with Crippen molar-refractivity contribution in [3.8, 4) is 28.3 Å². The van der Waals surface area contributed by atoms with Gasteiger partial charge in [0.1, 0.15) is 8.07 Å². The monoisotopic (exact) mass is 609 g/mol. The molecule has 45 heavy (non-hydrogen) atoms. The standard InChI is InChI=1S/C40H27N3SSi/c1-45(2)35-19-11-8-15-27(35)28-21-20-25-22-33-31(23-30(25)39(28)45)26-14-6-9-17-32(26)43(33)40-41-36(24-12-4-3-5-13-24)38-37(42-40)29-16-7-10-18-34(29)44-38/h3-23H,1-2H3. The molecule has 0 aliphatic carbocycles. The Labute approximate surface area is 265 Å². The number of para-hydroxylation sites is 1. The van der Waals surface area contributed by atoms with Crippen LogP contribution in [-0.4, -0.2) is 22.6 Å². The molecule has 1 aliphatic rings. The van der Waals surface area contributed by atoms with E-state index in [2.05, 4.69) is 145 Å². The van der Waals surface area contributed by atoms with Crippen LogP contribution in [0.3, 0.4) is 0 Å². The molecule has 4 heterocycles. The fourth-order valence-electron chi connectivity index (χ4n) is 7.77. The quantitative estimate of drug-likeness (QED) is 0.183. The SMILES string of the molecule is C[Si]1(C)c2ccccc2-c2ccc3cc4c(cc3c21)c1ccccc1n4-c1nc(-c2ccccc2)c2sc3ccccc3c2n1. The molecule has 212 valence electrons. The van der Waals surface area contributed by atoms with Crippen molar-refractivity contribution in [2.45, 2.75) is 13.1 Å². The molecule has 0 saturated heterocycles. The minimum Gasteiger partial charge on any atom is -0.278 e. The maximum atomic E-state index is 5.37. The lowest BCUT2D eigenvalue weighted by Crippen LogP contribution is -2.49. The molecule has 6 aromatic carbocycles. The van der Waals surface area contributed by atoms with Crippen molar-refractivity contribution in [1.82, 2.24) is 14.5 Å². The van der Waals surface area contributed by atoms with Crippen LogP contribution in [0.4, 0.5) is 0 Å². The summed E-state index contributed by atoms with van der Waals surface area (Å²) >= 11 is 1.77. The lowest BCUT2D eigenvalue weighted by molar-refractivity contribution is 1.02. The number of hydrogen-bond acceptors (Lipinski definition) is 3. The van der Waals surface area contributed by atoms with Crippen LogP contribution in [0.2, 0.25) is 13.1 Å². The number of fused-ring (bicyclic) bond motifs is 11. The number of benzene rings is 6. The Kier molecular flexibility index (Phi) is 5.03. The van der Waals surface area contributed by atoms with E-state index in [0.717, 1.165) is 32.5 Å². The smallest absolute Gasteiger partial charge is 0.235 e. The fraction of sp³-hybridized carbons (Fsp3) is 0.0500. The molecule has 0 spiro atoms. The Morgan fingerprint density at radius 2 is 1.36 bits per heavy atom. The van der Waals surface area contributed by atoms with E-state index in [1.54, 1.807) is 16.5 Å². The van der Waals surface area contributed by atoms with Crippen LogP contribution in [0.1, 0.15) is 0 Å². The number of thiophene rings is 1. The third kappa shape index (κ3) is 3.39. The highest BCUT2D eigenvalue weighted by Crippen LogP contribution is 2.41. The van der Waals surface area contributed by atoms with Crippen LogP contribution in [0.25, 0.3) is 81.2 Å². The van der Waals surface area contributed by atoms with E-state index in [1.165, 1.54) is 47.9 Å². The van der Waals surface area contributed by atoms with E-state index < -0.39 is 8.07 Å². The van der Waals surface area contributed by atoms with Gasteiger partial charge in [-0.05, 0) is 56.5 Å². The predicted molar refractivity (Wildman–Crippen MR) is 194 cm³/mol. The molecule has 0 fully saturated rings. The van der Waals surface area contributed by atoms with E-state index in [1.807, 2.05) is 0 Å². The van der Waals surface area contributed by atoms with Gasteiger partial charge in [-0.2, -0.15) is 0 Å². The minimum atomic E-state index is -1.88. The average molecular weight is 610 g/mol. The lowest BCUT2D eigenvalue weighted by atomic mass is 10.00. The number of nitrogens with zero attached hydrogens (tertiary/aromatic N) is 3. The van der Waals surface area contributed by atoms with Gasteiger partial charge >= 0.3 is 0 Å². The van der Waals surface area contributed by atoms with Gasteiger partial charge in [0.05, 0.1) is 26.9 Å². The van der Waals surface area contributed by atoms with Gasteiger partial charge in [0.2, 0.25) is 5.95 Å². The van der Waals surface area contributed by atoms with Gasteiger partial charge in [0, 0.05) is 26.4 Å². The summed E-state index contributed by atoms with van der Waals surface area (Å²) in [7, 11) is -1.88. The Morgan fingerprint density at radius 1 is 0.600 bits per heavy atom. The van der Waals surface area contributed by atoms with E-state index in [-0.39, 0.29) is 0 Å². The van der Waals surface area contributed by atoms with E-state index >= 15 is 0 Å². The van der Waals surface area contributed by atoms with Gasteiger partial charge < -0.3 is 0 Å². The summed E-state index contributed by atoms with van der Waals surface area (Å²) in [5.41, 5.74) is 8.16. The molecule has 9 aromatic rings. The predicted octanol–water partition coefficient (Wildman–Crippen LogP) is 9.56. The van der Waals surface area contributed by atoms with Gasteiger partial charge in [-0.3, -0.25) is 4.57 Å². The Hall–Kier alpha value is -5.10. The molecule has 0 saturated carbocycles. The first-order valence-electron chi connectivity index (χ1n) is 15.4. The topological polar surface area (TPSA) is 30.7 Å². The molecule has 0 amide bonds. The molecule has 10 rings (SSSR count). The average Bonchev–Trinajstić information content (AvgIpc) is 3.69. The molecule has 3 nitrogen and oxygen atoms in total. The normalized spacial score (nSPS) is 13.7. The number of hydrogen-bond donors (Lipinski definition) is 0. The van der Waals surface area contributed by atoms with Crippen molar-refractivity contribution in [1.29, 1.82) is 0 Å². The molecule has 0 bridgehead atoms. The van der Waals surface area contributed by atoms with Gasteiger partial charge in [-0.1, -0.05) is 116 Å². The molecule has 5 heteroatoms. The van der Waals surface area contributed by atoms with Crippen LogP contribution < -0.4 is 10.4 Å². The lowest BCUT2D eigenvalue weighted by Gasteiger charge is -2.21. The second kappa shape index (κ2) is 8.97. The Morgan fingerprint density at radius 3 is 2.24 bits per heavy atom. The Balaban J connectivity index is 1.32. The summed E-state index contributed by atoms with van der Waals surface area (Å²) in [5.74, 6) is 0.707. The highest BCUT2D eigenvalue weighted by Gasteiger charge is 2.38. The van der Waals surface area contributed by atoms with Crippen LogP contribution in [0.15, 0.2) is 127 Å². The van der Waals surface area contributed by atoms with Crippen molar-refractivity contribution in [2.75, 3.05) is 0 Å². The van der Waals surface area contributed by atoms with Gasteiger partial charge in [-0.25, -0.2) is 9.97 Å². The zero-order valence-electron chi connectivity index (χ0n) is 24.9. The maximum absolute atomic E-state index is 5.37. The molecule has 0 N–H and O–H groups in total.